The molecule has 1 rings (SSSR count). The van der Waals surface area contributed by atoms with Crippen LogP contribution in [0.4, 0.5) is 5.69 Å². The van der Waals surface area contributed by atoms with Crippen molar-refractivity contribution in [3.8, 4) is 0 Å². The first-order chi connectivity index (χ1) is 6.00. The van der Waals surface area contributed by atoms with Crippen LogP contribution in [0.15, 0.2) is 12.1 Å². The lowest BCUT2D eigenvalue weighted by Crippen LogP contribution is -2.11. The summed E-state index contributed by atoms with van der Waals surface area (Å²) in [5.74, 6) is 0. The van der Waals surface area contributed by atoms with Gasteiger partial charge in [0.2, 0.25) is 0 Å². The van der Waals surface area contributed by atoms with Crippen molar-refractivity contribution in [3.05, 3.63) is 28.3 Å². The van der Waals surface area contributed by atoms with E-state index in [0.717, 1.165) is 28.4 Å². The molecular formula is C10H15ClN2. The Kier molecular flexibility index (Phi) is 3.17. The quantitative estimate of drug-likeness (QED) is 0.739. The van der Waals surface area contributed by atoms with Crippen LogP contribution in [0, 0.1) is 6.92 Å². The van der Waals surface area contributed by atoms with Gasteiger partial charge >= 0.3 is 0 Å². The van der Waals surface area contributed by atoms with Crippen molar-refractivity contribution in [2.45, 2.75) is 13.5 Å². The molecule has 0 aliphatic carbocycles. The van der Waals surface area contributed by atoms with Crippen LogP contribution in [-0.4, -0.2) is 19.0 Å². The van der Waals surface area contributed by atoms with E-state index in [1.54, 1.807) is 0 Å². The number of hydrogen-bond acceptors (Lipinski definition) is 2. The highest BCUT2D eigenvalue weighted by molar-refractivity contribution is 6.31. The van der Waals surface area contributed by atoms with E-state index in [4.69, 9.17) is 17.3 Å². The molecule has 2 nitrogen and oxygen atoms in total. The Morgan fingerprint density at radius 2 is 2.00 bits per heavy atom. The summed E-state index contributed by atoms with van der Waals surface area (Å²) in [6.07, 6.45) is 0. The van der Waals surface area contributed by atoms with Gasteiger partial charge in [0.05, 0.1) is 0 Å². The molecule has 0 bridgehead atoms. The number of nitrogens with two attached hydrogens (primary N) is 1. The number of benzene rings is 1. The topological polar surface area (TPSA) is 29.3 Å². The average molecular weight is 199 g/mol. The van der Waals surface area contributed by atoms with Gasteiger partial charge in [0.15, 0.2) is 0 Å². The zero-order valence-corrected chi connectivity index (χ0v) is 9.02. The second-order valence-corrected chi connectivity index (χ2v) is 3.95. The number of halogens is 1. The highest BCUT2D eigenvalue weighted by atomic mass is 35.5. The van der Waals surface area contributed by atoms with Crippen molar-refractivity contribution in [2.75, 3.05) is 19.8 Å². The number of nitrogens with zero attached hydrogens (tertiary/aromatic N) is 1. The molecule has 0 heterocycles. The molecule has 0 spiro atoms. The zero-order chi connectivity index (χ0) is 10.0. The highest BCUT2D eigenvalue weighted by Crippen LogP contribution is 2.23. The molecule has 0 atom stereocenters. The largest absolute Gasteiger partial charge is 0.399 e. The molecule has 1 aromatic carbocycles. The van der Waals surface area contributed by atoms with Crippen LogP contribution in [0.1, 0.15) is 11.1 Å². The summed E-state index contributed by atoms with van der Waals surface area (Å²) in [5, 5.41) is 0.792. The number of hydrogen-bond donors (Lipinski definition) is 1. The van der Waals surface area contributed by atoms with E-state index in [1.165, 1.54) is 0 Å². The minimum absolute atomic E-state index is 0.792. The SMILES string of the molecule is Cc1cc(Cl)c(CN(C)C)cc1N. The second kappa shape index (κ2) is 3.99. The molecule has 0 amide bonds. The van der Waals surface area contributed by atoms with E-state index < -0.39 is 0 Å². The average Bonchev–Trinajstić information content (AvgIpc) is 1.99. The summed E-state index contributed by atoms with van der Waals surface area (Å²) in [6.45, 7) is 2.78. The summed E-state index contributed by atoms with van der Waals surface area (Å²) in [6, 6.07) is 3.85. The van der Waals surface area contributed by atoms with Gasteiger partial charge in [-0.15, -0.1) is 0 Å². The summed E-state index contributed by atoms with van der Waals surface area (Å²) in [7, 11) is 4.01. The van der Waals surface area contributed by atoms with E-state index in [1.807, 2.05) is 33.2 Å². The molecule has 0 unspecified atom stereocenters. The molecule has 3 heteroatoms. The molecule has 0 saturated carbocycles. The van der Waals surface area contributed by atoms with Crippen molar-refractivity contribution in [1.29, 1.82) is 0 Å². The fourth-order valence-electron chi connectivity index (χ4n) is 1.20. The van der Waals surface area contributed by atoms with Gasteiger partial charge in [-0.2, -0.15) is 0 Å². The Morgan fingerprint density at radius 3 is 2.54 bits per heavy atom. The van der Waals surface area contributed by atoms with Crippen LogP contribution in [0.2, 0.25) is 5.02 Å². The standard InChI is InChI=1S/C10H15ClN2/c1-7-4-9(11)8(5-10(7)12)6-13(2)3/h4-5H,6,12H2,1-3H3. The van der Waals surface area contributed by atoms with Gasteiger partial charge in [0, 0.05) is 17.3 Å². The molecule has 0 saturated heterocycles. The lowest BCUT2D eigenvalue weighted by molar-refractivity contribution is 0.402. The van der Waals surface area contributed by atoms with Gasteiger partial charge < -0.3 is 10.6 Å². The van der Waals surface area contributed by atoms with Crippen molar-refractivity contribution in [2.24, 2.45) is 0 Å². The van der Waals surface area contributed by atoms with Crippen LogP contribution >= 0.6 is 11.6 Å². The maximum absolute atomic E-state index is 6.06. The first kappa shape index (κ1) is 10.4. The third kappa shape index (κ3) is 2.61. The molecule has 2 N–H and O–H groups in total. The predicted octanol–water partition coefficient (Wildman–Crippen LogP) is 2.29. The normalized spacial score (nSPS) is 10.8. The fourth-order valence-corrected chi connectivity index (χ4v) is 1.48. The van der Waals surface area contributed by atoms with E-state index in [-0.39, 0.29) is 0 Å². The van der Waals surface area contributed by atoms with E-state index in [9.17, 15) is 0 Å². The van der Waals surface area contributed by atoms with Crippen LogP contribution in [0.3, 0.4) is 0 Å². The summed E-state index contributed by atoms with van der Waals surface area (Å²) >= 11 is 6.06. The summed E-state index contributed by atoms with van der Waals surface area (Å²) in [5.41, 5.74) is 8.71. The van der Waals surface area contributed by atoms with Crippen LogP contribution in [0.5, 0.6) is 0 Å². The molecule has 13 heavy (non-hydrogen) atoms. The van der Waals surface area contributed by atoms with Crippen LogP contribution in [0.25, 0.3) is 0 Å². The third-order valence-corrected chi connectivity index (χ3v) is 2.27. The Hall–Kier alpha value is -0.730. The van der Waals surface area contributed by atoms with Gasteiger partial charge in [-0.25, -0.2) is 0 Å². The Morgan fingerprint density at radius 1 is 1.38 bits per heavy atom. The molecule has 72 valence electrons. The highest BCUT2D eigenvalue weighted by Gasteiger charge is 2.04. The van der Waals surface area contributed by atoms with Gasteiger partial charge in [-0.3, -0.25) is 0 Å². The lowest BCUT2D eigenvalue weighted by atomic mass is 10.1. The summed E-state index contributed by atoms with van der Waals surface area (Å²) < 4.78 is 0. The predicted molar refractivity (Wildman–Crippen MR) is 58.0 cm³/mol. The molecule has 0 aromatic heterocycles. The van der Waals surface area contributed by atoms with E-state index in [2.05, 4.69) is 4.90 Å². The van der Waals surface area contributed by atoms with Crippen molar-refractivity contribution < 1.29 is 0 Å². The van der Waals surface area contributed by atoms with Crippen molar-refractivity contribution >= 4 is 17.3 Å². The molecule has 0 fully saturated rings. The van der Waals surface area contributed by atoms with E-state index >= 15 is 0 Å². The molecule has 0 aliphatic heterocycles. The summed E-state index contributed by atoms with van der Waals surface area (Å²) in [4.78, 5) is 2.07. The van der Waals surface area contributed by atoms with E-state index in [0.29, 0.717) is 0 Å². The first-order valence-electron chi connectivity index (χ1n) is 4.20. The second-order valence-electron chi connectivity index (χ2n) is 3.54. The number of anilines is 1. The number of rotatable bonds is 2. The molecule has 0 aliphatic rings. The fraction of sp³-hybridized carbons (Fsp3) is 0.400. The Labute approximate surface area is 84.3 Å². The van der Waals surface area contributed by atoms with Gasteiger partial charge in [-0.1, -0.05) is 11.6 Å². The maximum atomic E-state index is 6.06. The smallest absolute Gasteiger partial charge is 0.0455 e. The zero-order valence-electron chi connectivity index (χ0n) is 8.26. The minimum atomic E-state index is 0.792. The lowest BCUT2D eigenvalue weighted by Gasteiger charge is -2.12. The van der Waals surface area contributed by atoms with Crippen molar-refractivity contribution in [1.82, 2.24) is 4.90 Å². The Bertz CT molecular complexity index is 308. The van der Waals surface area contributed by atoms with Crippen LogP contribution < -0.4 is 5.73 Å². The molecular weight excluding hydrogens is 184 g/mol. The molecule has 0 radical (unpaired) electrons. The monoisotopic (exact) mass is 198 g/mol. The van der Waals surface area contributed by atoms with Crippen LogP contribution in [-0.2, 0) is 6.54 Å². The van der Waals surface area contributed by atoms with Gasteiger partial charge in [-0.05, 0) is 44.3 Å². The Balaban J connectivity index is 3.01. The molecule has 1 aromatic rings. The third-order valence-electron chi connectivity index (χ3n) is 1.92. The number of nitrogen functional groups attached to an aromatic ring is 1. The first-order valence-corrected chi connectivity index (χ1v) is 4.57. The maximum Gasteiger partial charge on any atom is 0.0455 e. The minimum Gasteiger partial charge on any atom is -0.399 e. The van der Waals surface area contributed by atoms with Gasteiger partial charge in [0.1, 0.15) is 0 Å². The van der Waals surface area contributed by atoms with Gasteiger partial charge in [0.25, 0.3) is 0 Å². The van der Waals surface area contributed by atoms with Crippen molar-refractivity contribution in [3.63, 3.8) is 0 Å². The number of aryl methyl sites for hydroxylation is 1.